The Bertz CT molecular complexity index is 459. The first-order valence-electron chi connectivity index (χ1n) is 7.89. The minimum absolute atomic E-state index is 0.00482. The molecule has 1 aliphatic rings. The summed E-state index contributed by atoms with van der Waals surface area (Å²) in [4.78, 5) is 18.9. The molecule has 0 radical (unpaired) electrons. The van der Waals surface area contributed by atoms with Crippen molar-refractivity contribution >= 4 is 11.7 Å². The van der Waals surface area contributed by atoms with Crippen molar-refractivity contribution in [2.75, 3.05) is 25.0 Å². The van der Waals surface area contributed by atoms with Crippen LogP contribution in [0.25, 0.3) is 0 Å². The molecule has 2 N–H and O–H groups in total. The van der Waals surface area contributed by atoms with E-state index in [1.807, 2.05) is 19.1 Å². The summed E-state index contributed by atoms with van der Waals surface area (Å²) in [6.07, 6.45) is 5.61. The molecule has 0 aliphatic heterocycles. The summed E-state index contributed by atoms with van der Waals surface area (Å²) in [6, 6.07) is 5.69. The third-order valence-corrected chi connectivity index (χ3v) is 3.94. The standard InChI is InChI=1S/C16H25N3O2/c1-2-17-15-10-6-9-14(18-15)16(21)19(11-12-20)13-7-4-3-5-8-13/h6,9-10,13,20H,2-5,7-8,11-12H2,1H3,(H,17,18). The predicted octanol–water partition coefficient (Wildman–Crippen LogP) is 2.28. The second-order valence-electron chi connectivity index (χ2n) is 5.45. The fourth-order valence-corrected chi connectivity index (χ4v) is 2.93. The Morgan fingerprint density at radius 1 is 1.38 bits per heavy atom. The summed E-state index contributed by atoms with van der Waals surface area (Å²) in [7, 11) is 0. The fourth-order valence-electron chi connectivity index (χ4n) is 2.93. The highest BCUT2D eigenvalue weighted by Crippen LogP contribution is 2.23. The average molecular weight is 291 g/mol. The van der Waals surface area contributed by atoms with Gasteiger partial charge in [-0.15, -0.1) is 0 Å². The number of anilines is 1. The van der Waals surface area contributed by atoms with E-state index >= 15 is 0 Å². The van der Waals surface area contributed by atoms with E-state index in [1.165, 1.54) is 6.42 Å². The maximum absolute atomic E-state index is 12.7. The number of rotatable bonds is 6. The Hall–Kier alpha value is -1.62. The smallest absolute Gasteiger partial charge is 0.272 e. The molecule has 116 valence electrons. The van der Waals surface area contributed by atoms with Gasteiger partial charge in [-0.2, -0.15) is 0 Å². The van der Waals surface area contributed by atoms with Gasteiger partial charge in [0.15, 0.2) is 0 Å². The normalized spacial score (nSPS) is 15.7. The van der Waals surface area contributed by atoms with Crippen molar-refractivity contribution in [1.82, 2.24) is 9.88 Å². The molecule has 1 fully saturated rings. The molecule has 1 aliphatic carbocycles. The van der Waals surface area contributed by atoms with Crippen LogP contribution in [0.15, 0.2) is 18.2 Å². The summed E-state index contributed by atoms with van der Waals surface area (Å²) in [5, 5.41) is 12.4. The van der Waals surface area contributed by atoms with Crippen molar-refractivity contribution in [3.8, 4) is 0 Å². The van der Waals surface area contributed by atoms with Crippen LogP contribution in [0.4, 0.5) is 5.82 Å². The van der Waals surface area contributed by atoms with Gasteiger partial charge in [0.1, 0.15) is 11.5 Å². The summed E-state index contributed by atoms with van der Waals surface area (Å²) >= 11 is 0. The van der Waals surface area contributed by atoms with Gasteiger partial charge in [0.05, 0.1) is 6.61 Å². The number of amides is 1. The van der Waals surface area contributed by atoms with Gasteiger partial charge in [-0.25, -0.2) is 4.98 Å². The highest BCUT2D eigenvalue weighted by Gasteiger charge is 2.26. The number of aliphatic hydroxyl groups is 1. The second-order valence-corrected chi connectivity index (χ2v) is 5.45. The molecule has 0 bridgehead atoms. The largest absolute Gasteiger partial charge is 0.395 e. The molecule has 0 saturated heterocycles. The van der Waals surface area contributed by atoms with E-state index in [0.717, 1.165) is 38.0 Å². The van der Waals surface area contributed by atoms with Gasteiger partial charge in [-0.1, -0.05) is 25.3 Å². The molecule has 1 amide bonds. The Morgan fingerprint density at radius 2 is 2.14 bits per heavy atom. The number of nitrogens with one attached hydrogen (secondary N) is 1. The zero-order valence-corrected chi connectivity index (χ0v) is 12.7. The summed E-state index contributed by atoms with van der Waals surface area (Å²) in [5.41, 5.74) is 0.451. The van der Waals surface area contributed by atoms with Crippen LogP contribution >= 0.6 is 0 Å². The molecule has 1 aromatic rings. The highest BCUT2D eigenvalue weighted by atomic mass is 16.3. The SMILES string of the molecule is CCNc1cccc(C(=O)N(CCO)C2CCCCC2)n1. The van der Waals surface area contributed by atoms with Gasteiger partial charge >= 0.3 is 0 Å². The molecule has 1 saturated carbocycles. The van der Waals surface area contributed by atoms with Crippen LogP contribution in [0.1, 0.15) is 49.5 Å². The summed E-state index contributed by atoms with van der Waals surface area (Å²) in [6.45, 7) is 3.15. The number of nitrogens with zero attached hydrogens (tertiary/aromatic N) is 2. The van der Waals surface area contributed by atoms with Crippen LogP contribution in [0.2, 0.25) is 0 Å². The molecule has 1 heterocycles. The fraction of sp³-hybridized carbons (Fsp3) is 0.625. The lowest BCUT2D eigenvalue weighted by atomic mass is 9.94. The Balaban J connectivity index is 2.14. The highest BCUT2D eigenvalue weighted by molar-refractivity contribution is 5.93. The Kier molecular flexibility index (Phi) is 5.99. The lowest BCUT2D eigenvalue weighted by Crippen LogP contribution is -2.43. The van der Waals surface area contributed by atoms with Gasteiger partial charge in [0.2, 0.25) is 0 Å². The van der Waals surface area contributed by atoms with E-state index in [-0.39, 0.29) is 18.6 Å². The summed E-state index contributed by atoms with van der Waals surface area (Å²) in [5.74, 6) is 0.645. The van der Waals surface area contributed by atoms with Crippen molar-refractivity contribution in [3.05, 3.63) is 23.9 Å². The maximum atomic E-state index is 12.7. The van der Waals surface area contributed by atoms with E-state index in [1.54, 1.807) is 11.0 Å². The lowest BCUT2D eigenvalue weighted by molar-refractivity contribution is 0.0579. The average Bonchev–Trinajstić information content (AvgIpc) is 2.53. The zero-order valence-electron chi connectivity index (χ0n) is 12.7. The third kappa shape index (κ3) is 4.17. The number of hydrogen-bond acceptors (Lipinski definition) is 4. The molecule has 0 aromatic carbocycles. The van der Waals surface area contributed by atoms with Gasteiger partial charge in [0.25, 0.3) is 5.91 Å². The molecular weight excluding hydrogens is 266 g/mol. The monoisotopic (exact) mass is 291 g/mol. The van der Waals surface area contributed by atoms with Gasteiger partial charge in [-0.05, 0) is 31.9 Å². The van der Waals surface area contributed by atoms with Crippen molar-refractivity contribution in [3.63, 3.8) is 0 Å². The Morgan fingerprint density at radius 3 is 2.81 bits per heavy atom. The second kappa shape index (κ2) is 7.98. The predicted molar refractivity (Wildman–Crippen MR) is 83.4 cm³/mol. The lowest BCUT2D eigenvalue weighted by Gasteiger charge is -2.33. The Labute approximate surface area is 126 Å². The number of carbonyl (C=O) groups is 1. The number of aromatic nitrogens is 1. The summed E-state index contributed by atoms with van der Waals surface area (Å²) < 4.78 is 0. The molecule has 2 rings (SSSR count). The van der Waals surface area contributed by atoms with E-state index in [9.17, 15) is 9.90 Å². The number of pyridine rings is 1. The van der Waals surface area contributed by atoms with Crippen LogP contribution in [0, 0.1) is 0 Å². The van der Waals surface area contributed by atoms with Gasteiger partial charge in [0, 0.05) is 19.1 Å². The van der Waals surface area contributed by atoms with Gasteiger partial charge < -0.3 is 15.3 Å². The van der Waals surface area contributed by atoms with E-state index < -0.39 is 0 Å². The van der Waals surface area contributed by atoms with Gasteiger partial charge in [-0.3, -0.25) is 4.79 Å². The zero-order chi connectivity index (χ0) is 15.1. The third-order valence-electron chi connectivity index (χ3n) is 3.94. The van der Waals surface area contributed by atoms with Crippen LogP contribution in [0.5, 0.6) is 0 Å². The van der Waals surface area contributed by atoms with E-state index in [0.29, 0.717) is 12.2 Å². The molecular formula is C16H25N3O2. The minimum Gasteiger partial charge on any atom is -0.395 e. The van der Waals surface area contributed by atoms with Crippen LogP contribution in [-0.2, 0) is 0 Å². The maximum Gasteiger partial charge on any atom is 0.272 e. The molecule has 5 heteroatoms. The van der Waals surface area contributed by atoms with Crippen LogP contribution < -0.4 is 5.32 Å². The minimum atomic E-state index is -0.0734. The topological polar surface area (TPSA) is 65.5 Å². The first-order chi connectivity index (χ1) is 10.3. The number of hydrogen-bond donors (Lipinski definition) is 2. The molecule has 1 aromatic heterocycles. The van der Waals surface area contributed by atoms with Crippen molar-refractivity contribution in [2.45, 2.75) is 45.1 Å². The first-order valence-corrected chi connectivity index (χ1v) is 7.89. The molecule has 21 heavy (non-hydrogen) atoms. The van der Waals surface area contributed by atoms with Crippen molar-refractivity contribution in [1.29, 1.82) is 0 Å². The van der Waals surface area contributed by atoms with E-state index in [2.05, 4.69) is 10.3 Å². The quantitative estimate of drug-likeness (QED) is 0.844. The number of carbonyl (C=O) groups excluding carboxylic acids is 1. The van der Waals surface area contributed by atoms with Crippen molar-refractivity contribution in [2.24, 2.45) is 0 Å². The first kappa shape index (κ1) is 15.8. The number of aliphatic hydroxyl groups excluding tert-OH is 1. The molecule has 5 nitrogen and oxygen atoms in total. The van der Waals surface area contributed by atoms with Crippen LogP contribution in [-0.4, -0.2) is 46.6 Å². The van der Waals surface area contributed by atoms with Crippen molar-refractivity contribution < 1.29 is 9.90 Å². The molecule has 0 spiro atoms. The molecule has 0 unspecified atom stereocenters. The molecule has 0 atom stereocenters. The van der Waals surface area contributed by atoms with Crippen LogP contribution in [0.3, 0.4) is 0 Å². The van der Waals surface area contributed by atoms with E-state index in [4.69, 9.17) is 0 Å².